The van der Waals surface area contributed by atoms with Crippen molar-refractivity contribution in [3.05, 3.63) is 53.5 Å². The van der Waals surface area contributed by atoms with Crippen LogP contribution in [0.5, 0.6) is 0 Å². The standard InChI is InChI=1S/C17H22N4/c1-12(2)16-8-17(20-11-19-16)21-10-14-6-4-3-5-13(14)7-15(21)9-18/h3-6,8,11-12,15H,7,9-10,18H2,1-2H3. The van der Waals surface area contributed by atoms with Crippen molar-refractivity contribution in [2.24, 2.45) is 5.73 Å². The van der Waals surface area contributed by atoms with Crippen molar-refractivity contribution in [3.63, 3.8) is 0 Å². The number of nitrogens with zero attached hydrogens (tertiary/aromatic N) is 3. The minimum atomic E-state index is 0.301. The summed E-state index contributed by atoms with van der Waals surface area (Å²) in [5, 5.41) is 0. The van der Waals surface area contributed by atoms with Crippen molar-refractivity contribution in [2.75, 3.05) is 11.4 Å². The molecule has 1 unspecified atom stereocenters. The van der Waals surface area contributed by atoms with Crippen LogP contribution < -0.4 is 10.6 Å². The van der Waals surface area contributed by atoms with Crippen LogP contribution in [0.15, 0.2) is 36.7 Å². The summed E-state index contributed by atoms with van der Waals surface area (Å²) in [6, 6.07) is 11.0. The number of aromatic nitrogens is 2. The Hall–Kier alpha value is -1.94. The molecule has 21 heavy (non-hydrogen) atoms. The lowest BCUT2D eigenvalue weighted by molar-refractivity contribution is 0.554. The zero-order valence-corrected chi connectivity index (χ0v) is 12.7. The Bertz CT molecular complexity index is 624. The van der Waals surface area contributed by atoms with E-state index in [9.17, 15) is 0 Å². The molecule has 0 fully saturated rings. The molecule has 110 valence electrons. The maximum absolute atomic E-state index is 6.00. The second kappa shape index (κ2) is 5.82. The van der Waals surface area contributed by atoms with Crippen LogP contribution in [-0.4, -0.2) is 22.6 Å². The molecule has 1 aromatic carbocycles. The Kier molecular flexibility index (Phi) is 3.88. The first-order chi connectivity index (χ1) is 10.2. The fraction of sp³-hybridized carbons (Fsp3) is 0.412. The van der Waals surface area contributed by atoms with Crippen LogP contribution in [0.4, 0.5) is 5.82 Å². The van der Waals surface area contributed by atoms with Gasteiger partial charge in [-0.05, 0) is 23.5 Å². The smallest absolute Gasteiger partial charge is 0.132 e. The van der Waals surface area contributed by atoms with Gasteiger partial charge in [-0.15, -0.1) is 0 Å². The van der Waals surface area contributed by atoms with E-state index in [-0.39, 0.29) is 0 Å². The normalized spacial score (nSPS) is 17.9. The highest BCUT2D eigenvalue weighted by atomic mass is 15.2. The molecule has 2 heterocycles. The maximum Gasteiger partial charge on any atom is 0.132 e. The molecule has 1 aliphatic rings. The molecule has 0 radical (unpaired) electrons. The fourth-order valence-electron chi connectivity index (χ4n) is 2.90. The number of rotatable bonds is 3. The molecule has 0 spiro atoms. The number of fused-ring (bicyclic) bond motifs is 1. The van der Waals surface area contributed by atoms with Crippen molar-refractivity contribution >= 4 is 5.82 Å². The molecule has 2 N–H and O–H groups in total. The van der Waals surface area contributed by atoms with E-state index in [2.05, 4.69) is 59.0 Å². The van der Waals surface area contributed by atoms with Crippen LogP contribution in [0.1, 0.15) is 36.6 Å². The number of benzene rings is 1. The fourth-order valence-corrected chi connectivity index (χ4v) is 2.90. The molecule has 0 bridgehead atoms. The van der Waals surface area contributed by atoms with Crippen molar-refractivity contribution in [2.45, 2.75) is 38.8 Å². The van der Waals surface area contributed by atoms with Crippen LogP contribution in [-0.2, 0) is 13.0 Å². The SMILES string of the molecule is CC(C)c1cc(N2Cc3ccccc3CC2CN)ncn1. The summed E-state index contributed by atoms with van der Waals surface area (Å²) in [7, 11) is 0. The summed E-state index contributed by atoms with van der Waals surface area (Å²) in [6.45, 7) is 5.80. The number of hydrogen-bond acceptors (Lipinski definition) is 4. The predicted octanol–water partition coefficient (Wildman–Crippen LogP) is 2.49. The lowest BCUT2D eigenvalue weighted by atomic mass is 9.94. The molecule has 0 aliphatic carbocycles. The van der Waals surface area contributed by atoms with Gasteiger partial charge in [-0.1, -0.05) is 38.1 Å². The Morgan fingerprint density at radius 2 is 2.00 bits per heavy atom. The van der Waals surface area contributed by atoms with E-state index in [1.807, 2.05) is 0 Å². The average molecular weight is 282 g/mol. The molecular weight excluding hydrogens is 260 g/mol. The number of hydrogen-bond donors (Lipinski definition) is 1. The van der Waals surface area contributed by atoms with Gasteiger partial charge in [-0.25, -0.2) is 9.97 Å². The Labute approximate surface area is 126 Å². The van der Waals surface area contributed by atoms with Crippen molar-refractivity contribution in [1.82, 2.24) is 9.97 Å². The van der Waals surface area contributed by atoms with E-state index >= 15 is 0 Å². The Balaban J connectivity index is 1.95. The van der Waals surface area contributed by atoms with Crippen molar-refractivity contribution in [1.29, 1.82) is 0 Å². The topological polar surface area (TPSA) is 55.0 Å². The molecule has 2 aromatic rings. The van der Waals surface area contributed by atoms with Gasteiger partial charge in [-0.3, -0.25) is 0 Å². The first kappa shape index (κ1) is 14.0. The molecule has 3 rings (SSSR count). The summed E-state index contributed by atoms with van der Waals surface area (Å²) in [4.78, 5) is 11.2. The summed E-state index contributed by atoms with van der Waals surface area (Å²) in [5.41, 5.74) is 9.85. The van der Waals surface area contributed by atoms with Gasteiger partial charge >= 0.3 is 0 Å². The second-order valence-corrected chi connectivity index (χ2v) is 5.95. The van der Waals surface area contributed by atoms with E-state index in [1.165, 1.54) is 11.1 Å². The molecule has 4 nitrogen and oxygen atoms in total. The van der Waals surface area contributed by atoms with Crippen LogP contribution >= 0.6 is 0 Å². The highest BCUT2D eigenvalue weighted by Crippen LogP contribution is 2.27. The third-order valence-electron chi connectivity index (χ3n) is 4.19. The van der Waals surface area contributed by atoms with Gasteiger partial charge in [-0.2, -0.15) is 0 Å². The lowest BCUT2D eigenvalue weighted by Gasteiger charge is -2.37. The van der Waals surface area contributed by atoms with Crippen molar-refractivity contribution in [3.8, 4) is 0 Å². The second-order valence-electron chi connectivity index (χ2n) is 5.95. The highest BCUT2D eigenvalue weighted by molar-refractivity contribution is 5.46. The number of nitrogens with two attached hydrogens (primary N) is 1. The summed E-state index contributed by atoms with van der Waals surface area (Å²) >= 11 is 0. The van der Waals surface area contributed by atoms with Crippen LogP contribution in [0.2, 0.25) is 0 Å². The van der Waals surface area contributed by atoms with E-state index in [0.717, 1.165) is 24.5 Å². The van der Waals surface area contributed by atoms with Crippen LogP contribution in [0, 0.1) is 0 Å². The Morgan fingerprint density at radius 3 is 2.71 bits per heavy atom. The van der Waals surface area contributed by atoms with Gasteiger partial charge < -0.3 is 10.6 Å². The van der Waals surface area contributed by atoms with Gasteiger partial charge in [0.05, 0.1) is 0 Å². The summed E-state index contributed by atoms with van der Waals surface area (Å²) in [5.74, 6) is 1.39. The van der Waals surface area contributed by atoms with Crippen LogP contribution in [0.3, 0.4) is 0 Å². The zero-order chi connectivity index (χ0) is 14.8. The molecule has 0 saturated heterocycles. The first-order valence-electron chi connectivity index (χ1n) is 7.54. The van der Waals surface area contributed by atoms with E-state index in [4.69, 9.17) is 5.73 Å². The lowest BCUT2D eigenvalue weighted by Crippen LogP contribution is -2.45. The van der Waals surface area contributed by atoms with Crippen molar-refractivity contribution < 1.29 is 0 Å². The molecular formula is C17H22N4. The quantitative estimate of drug-likeness (QED) is 0.939. The molecule has 4 heteroatoms. The number of anilines is 1. The zero-order valence-electron chi connectivity index (χ0n) is 12.7. The molecule has 1 aliphatic heterocycles. The average Bonchev–Trinajstić information content (AvgIpc) is 2.53. The molecule has 0 amide bonds. The largest absolute Gasteiger partial charge is 0.348 e. The maximum atomic E-state index is 6.00. The van der Waals surface area contributed by atoms with Crippen LogP contribution in [0.25, 0.3) is 0 Å². The van der Waals surface area contributed by atoms with Gasteiger partial charge in [0.2, 0.25) is 0 Å². The minimum absolute atomic E-state index is 0.301. The molecule has 1 atom stereocenters. The van der Waals surface area contributed by atoms with Gasteiger partial charge in [0.25, 0.3) is 0 Å². The third-order valence-corrected chi connectivity index (χ3v) is 4.19. The monoisotopic (exact) mass is 282 g/mol. The Morgan fingerprint density at radius 1 is 1.24 bits per heavy atom. The van der Waals surface area contributed by atoms with E-state index < -0.39 is 0 Å². The molecule has 1 aromatic heterocycles. The minimum Gasteiger partial charge on any atom is -0.348 e. The first-order valence-corrected chi connectivity index (χ1v) is 7.54. The third kappa shape index (κ3) is 2.76. The summed E-state index contributed by atoms with van der Waals surface area (Å²) < 4.78 is 0. The molecule has 0 saturated carbocycles. The van der Waals surface area contributed by atoms with E-state index in [0.29, 0.717) is 18.5 Å². The summed E-state index contributed by atoms with van der Waals surface area (Å²) in [6.07, 6.45) is 2.65. The highest BCUT2D eigenvalue weighted by Gasteiger charge is 2.26. The predicted molar refractivity (Wildman–Crippen MR) is 85.3 cm³/mol. The van der Waals surface area contributed by atoms with Gasteiger partial charge in [0.15, 0.2) is 0 Å². The van der Waals surface area contributed by atoms with Gasteiger partial charge in [0.1, 0.15) is 12.1 Å². The van der Waals surface area contributed by atoms with E-state index in [1.54, 1.807) is 6.33 Å². The van der Waals surface area contributed by atoms with Gasteiger partial charge in [0, 0.05) is 30.9 Å².